The first kappa shape index (κ1) is 11.3. The Labute approximate surface area is 97.6 Å². The summed E-state index contributed by atoms with van der Waals surface area (Å²) in [5.41, 5.74) is 0.669. The number of carbonyl (C=O) groups excluding carboxylic acids is 1. The molecule has 0 aliphatic carbocycles. The lowest BCUT2D eigenvalue weighted by Gasteiger charge is -1.97. The molecule has 0 aromatic carbocycles. The molecule has 2 aromatic heterocycles. The smallest absolute Gasteiger partial charge is 0.291 e. The lowest BCUT2D eigenvalue weighted by atomic mass is 10.4. The highest BCUT2D eigenvalue weighted by atomic mass is 16.5. The molecule has 0 radical (unpaired) electrons. The Bertz CT molecular complexity index is 516. The maximum atomic E-state index is 11.6. The molecule has 2 aromatic rings. The van der Waals surface area contributed by atoms with Crippen LogP contribution < -0.4 is 5.32 Å². The normalized spacial score (nSPS) is 10.5. The zero-order valence-corrected chi connectivity index (χ0v) is 9.65. The Morgan fingerprint density at radius 2 is 2.41 bits per heavy atom. The number of nitrogens with zero attached hydrogens (tertiary/aromatic N) is 3. The lowest BCUT2D eigenvalue weighted by molar-refractivity contribution is 0.0940. The van der Waals surface area contributed by atoms with E-state index in [-0.39, 0.29) is 11.7 Å². The second-order valence-electron chi connectivity index (χ2n) is 3.57. The van der Waals surface area contributed by atoms with Gasteiger partial charge in [0, 0.05) is 12.5 Å². The molecule has 0 saturated carbocycles. The van der Waals surface area contributed by atoms with E-state index in [1.54, 1.807) is 13.0 Å². The molecular weight excluding hydrogens is 222 g/mol. The van der Waals surface area contributed by atoms with E-state index >= 15 is 0 Å². The zero-order chi connectivity index (χ0) is 12.3. The molecule has 0 aliphatic heterocycles. The van der Waals surface area contributed by atoms with E-state index in [4.69, 9.17) is 4.52 Å². The van der Waals surface area contributed by atoms with Gasteiger partial charge in [-0.25, -0.2) is 4.98 Å². The van der Waals surface area contributed by atoms with Crippen molar-refractivity contribution in [3.8, 4) is 0 Å². The molecule has 17 heavy (non-hydrogen) atoms. The van der Waals surface area contributed by atoms with E-state index in [1.165, 1.54) is 0 Å². The number of nitrogens with one attached hydrogen (secondary N) is 2. The van der Waals surface area contributed by atoms with Crippen LogP contribution in [0, 0.1) is 6.92 Å². The van der Waals surface area contributed by atoms with Crippen molar-refractivity contribution in [3.63, 3.8) is 0 Å². The molecule has 90 valence electrons. The van der Waals surface area contributed by atoms with Crippen molar-refractivity contribution in [1.82, 2.24) is 25.7 Å². The number of hydrogen-bond acceptors (Lipinski definition) is 5. The average molecular weight is 235 g/mol. The summed E-state index contributed by atoms with van der Waals surface area (Å²) in [6.07, 6.45) is 0.711. The highest BCUT2D eigenvalue weighted by molar-refractivity contribution is 5.90. The second kappa shape index (κ2) is 4.77. The van der Waals surface area contributed by atoms with Crippen molar-refractivity contribution in [2.75, 3.05) is 0 Å². The largest absolute Gasteiger partial charge is 0.361 e. The molecule has 2 N–H and O–H groups in total. The monoisotopic (exact) mass is 235 g/mol. The van der Waals surface area contributed by atoms with Crippen LogP contribution in [0.1, 0.15) is 34.8 Å². The molecule has 0 bridgehead atoms. The first-order valence-corrected chi connectivity index (χ1v) is 5.30. The summed E-state index contributed by atoms with van der Waals surface area (Å²) in [6.45, 7) is 4.02. The van der Waals surface area contributed by atoms with Crippen molar-refractivity contribution < 1.29 is 9.32 Å². The van der Waals surface area contributed by atoms with Crippen LogP contribution in [-0.4, -0.2) is 26.2 Å². The van der Waals surface area contributed by atoms with Crippen LogP contribution in [0.4, 0.5) is 0 Å². The fraction of sp³-hybridized carbons (Fsp3) is 0.400. The summed E-state index contributed by atoms with van der Waals surface area (Å²) in [6, 6.07) is 1.76. The average Bonchev–Trinajstić information content (AvgIpc) is 2.94. The van der Waals surface area contributed by atoms with Crippen LogP contribution in [0.3, 0.4) is 0 Å². The van der Waals surface area contributed by atoms with E-state index in [0.29, 0.717) is 30.2 Å². The van der Waals surface area contributed by atoms with Crippen LogP contribution in [0.15, 0.2) is 10.6 Å². The van der Waals surface area contributed by atoms with Gasteiger partial charge in [0.25, 0.3) is 5.91 Å². The van der Waals surface area contributed by atoms with Crippen LogP contribution in [0.25, 0.3) is 0 Å². The number of H-pyrrole nitrogens is 1. The highest BCUT2D eigenvalue weighted by Gasteiger charge is 2.12. The fourth-order valence-electron chi connectivity index (χ4n) is 1.31. The van der Waals surface area contributed by atoms with Crippen molar-refractivity contribution in [2.24, 2.45) is 0 Å². The summed E-state index contributed by atoms with van der Waals surface area (Å²) in [5, 5.41) is 12.9. The molecule has 0 atom stereocenters. The molecule has 1 amide bonds. The minimum Gasteiger partial charge on any atom is -0.361 e. The number of hydrogen-bond donors (Lipinski definition) is 2. The third kappa shape index (κ3) is 2.68. The summed E-state index contributed by atoms with van der Waals surface area (Å²) < 4.78 is 4.89. The maximum absolute atomic E-state index is 11.6. The van der Waals surface area contributed by atoms with Gasteiger partial charge < -0.3 is 9.84 Å². The van der Waals surface area contributed by atoms with Crippen molar-refractivity contribution in [3.05, 3.63) is 29.2 Å². The van der Waals surface area contributed by atoms with E-state index < -0.39 is 0 Å². The summed E-state index contributed by atoms with van der Waals surface area (Å²) >= 11 is 0. The first-order chi connectivity index (χ1) is 8.19. The fourth-order valence-corrected chi connectivity index (χ4v) is 1.31. The number of aromatic amines is 1. The molecule has 0 saturated heterocycles. The highest BCUT2D eigenvalue weighted by Crippen LogP contribution is 2.01. The number of rotatable bonds is 4. The Morgan fingerprint density at radius 3 is 3.00 bits per heavy atom. The molecule has 0 spiro atoms. The first-order valence-electron chi connectivity index (χ1n) is 5.30. The lowest BCUT2D eigenvalue weighted by Crippen LogP contribution is -2.24. The van der Waals surface area contributed by atoms with E-state index in [2.05, 4.69) is 25.7 Å². The quantitative estimate of drug-likeness (QED) is 0.808. The van der Waals surface area contributed by atoms with E-state index in [0.717, 1.165) is 0 Å². The summed E-state index contributed by atoms with van der Waals surface area (Å²) in [5.74, 6) is 1.21. The van der Waals surface area contributed by atoms with Gasteiger partial charge in [0.15, 0.2) is 0 Å². The predicted octanol–water partition coefficient (Wildman–Crippen LogP) is 0.594. The van der Waals surface area contributed by atoms with Gasteiger partial charge in [-0.2, -0.15) is 0 Å². The number of aromatic nitrogens is 4. The van der Waals surface area contributed by atoms with Gasteiger partial charge in [0.1, 0.15) is 17.3 Å². The van der Waals surface area contributed by atoms with Crippen molar-refractivity contribution in [2.45, 2.75) is 26.8 Å². The van der Waals surface area contributed by atoms with Gasteiger partial charge in [-0.1, -0.05) is 12.1 Å². The summed E-state index contributed by atoms with van der Waals surface area (Å²) in [4.78, 5) is 15.7. The molecular formula is C10H13N5O2. The van der Waals surface area contributed by atoms with Gasteiger partial charge in [-0.3, -0.25) is 9.89 Å². The molecule has 7 heteroatoms. The van der Waals surface area contributed by atoms with Crippen molar-refractivity contribution >= 4 is 5.91 Å². The predicted molar refractivity (Wildman–Crippen MR) is 58.2 cm³/mol. The van der Waals surface area contributed by atoms with Gasteiger partial charge in [-0.05, 0) is 6.92 Å². The zero-order valence-electron chi connectivity index (χ0n) is 9.65. The second-order valence-corrected chi connectivity index (χ2v) is 3.57. The molecule has 7 nitrogen and oxygen atoms in total. The van der Waals surface area contributed by atoms with Crippen LogP contribution in [-0.2, 0) is 13.0 Å². The van der Waals surface area contributed by atoms with Gasteiger partial charge in [-0.15, -0.1) is 5.10 Å². The van der Waals surface area contributed by atoms with Gasteiger partial charge >= 0.3 is 0 Å². The third-order valence-corrected chi connectivity index (χ3v) is 2.18. The Balaban J connectivity index is 1.93. The third-order valence-electron chi connectivity index (χ3n) is 2.18. The Morgan fingerprint density at radius 1 is 1.59 bits per heavy atom. The number of amides is 1. The minimum atomic E-state index is -0.332. The minimum absolute atomic E-state index is 0.141. The Kier molecular flexibility index (Phi) is 3.17. The standard InChI is InChI=1S/C10H13N5O2/c1-3-8-12-9(14-13-8)10(16)11-5-7-4-6(2)17-15-7/h4H,3,5H2,1-2H3,(H,11,16)(H,12,13,14). The van der Waals surface area contributed by atoms with E-state index in [1.807, 2.05) is 6.92 Å². The summed E-state index contributed by atoms with van der Waals surface area (Å²) in [7, 11) is 0. The molecule has 2 heterocycles. The Hall–Kier alpha value is -2.18. The molecule has 0 unspecified atom stereocenters. The van der Waals surface area contributed by atoms with Gasteiger partial charge in [0.2, 0.25) is 5.82 Å². The molecule has 2 rings (SSSR count). The SMILES string of the molecule is CCc1nc(C(=O)NCc2cc(C)on2)n[nH]1. The van der Waals surface area contributed by atoms with Crippen LogP contribution >= 0.6 is 0 Å². The topological polar surface area (TPSA) is 96.7 Å². The van der Waals surface area contributed by atoms with Crippen LogP contribution in [0.5, 0.6) is 0 Å². The molecule has 0 fully saturated rings. The number of aryl methyl sites for hydroxylation is 2. The van der Waals surface area contributed by atoms with Crippen molar-refractivity contribution in [1.29, 1.82) is 0 Å². The van der Waals surface area contributed by atoms with E-state index in [9.17, 15) is 4.79 Å². The number of carbonyl (C=O) groups is 1. The maximum Gasteiger partial charge on any atom is 0.291 e. The van der Waals surface area contributed by atoms with Gasteiger partial charge in [0.05, 0.1) is 6.54 Å². The van der Waals surface area contributed by atoms with Crippen LogP contribution in [0.2, 0.25) is 0 Å². The molecule has 0 aliphatic rings.